The van der Waals surface area contributed by atoms with Crippen LogP contribution in [-0.4, -0.2) is 30.6 Å². The minimum absolute atomic E-state index is 0.820. The molecular formula is C9H20N2. The van der Waals surface area contributed by atoms with Gasteiger partial charge in [-0.05, 0) is 25.8 Å². The van der Waals surface area contributed by atoms with Gasteiger partial charge in [0.25, 0.3) is 0 Å². The van der Waals surface area contributed by atoms with Crippen molar-refractivity contribution < 1.29 is 0 Å². The molecule has 2 N–H and O–H groups in total. The van der Waals surface area contributed by atoms with Crippen molar-refractivity contribution in [1.29, 1.82) is 0 Å². The average Bonchev–Trinajstić information content (AvgIpc) is 2.80. The summed E-state index contributed by atoms with van der Waals surface area (Å²) in [5.41, 5.74) is 5.53. The van der Waals surface area contributed by atoms with Crippen LogP contribution < -0.4 is 5.73 Å². The summed E-state index contributed by atoms with van der Waals surface area (Å²) < 4.78 is 0. The Morgan fingerprint density at radius 3 is 2.55 bits per heavy atom. The molecule has 0 bridgehead atoms. The zero-order chi connectivity index (χ0) is 8.10. The van der Waals surface area contributed by atoms with E-state index in [4.69, 9.17) is 5.73 Å². The predicted octanol–water partition coefficient (Wildman–Crippen LogP) is 1.21. The first-order valence-electron chi connectivity index (χ1n) is 4.82. The lowest BCUT2D eigenvalue weighted by Gasteiger charge is -2.20. The zero-order valence-corrected chi connectivity index (χ0v) is 7.55. The lowest BCUT2D eigenvalue weighted by atomic mass is 10.3. The third-order valence-electron chi connectivity index (χ3n) is 2.28. The minimum Gasteiger partial charge on any atom is -0.329 e. The van der Waals surface area contributed by atoms with Crippen molar-refractivity contribution in [2.24, 2.45) is 5.73 Å². The Balaban J connectivity index is 2.10. The number of unbranched alkanes of at least 4 members (excludes halogenated alkanes) is 1. The number of rotatable bonds is 6. The molecule has 0 heterocycles. The fourth-order valence-electron chi connectivity index (χ4n) is 1.44. The largest absolute Gasteiger partial charge is 0.329 e. The van der Waals surface area contributed by atoms with Crippen molar-refractivity contribution >= 4 is 0 Å². The highest BCUT2D eigenvalue weighted by Crippen LogP contribution is 2.26. The Labute approximate surface area is 69.8 Å². The highest BCUT2D eigenvalue weighted by atomic mass is 15.2. The summed E-state index contributed by atoms with van der Waals surface area (Å²) in [5, 5.41) is 0. The molecule has 0 aliphatic heterocycles. The number of nitrogens with two attached hydrogens (primary N) is 1. The van der Waals surface area contributed by atoms with Crippen LogP contribution in [0.3, 0.4) is 0 Å². The van der Waals surface area contributed by atoms with Crippen LogP contribution in [-0.2, 0) is 0 Å². The van der Waals surface area contributed by atoms with Crippen molar-refractivity contribution in [2.45, 2.75) is 38.6 Å². The minimum atomic E-state index is 0.820. The topological polar surface area (TPSA) is 29.3 Å². The molecule has 2 heteroatoms. The molecule has 0 aromatic rings. The molecule has 66 valence electrons. The number of hydrogen-bond donors (Lipinski definition) is 1. The summed E-state index contributed by atoms with van der Waals surface area (Å²) in [6.45, 7) is 5.43. The van der Waals surface area contributed by atoms with E-state index < -0.39 is 0 Å². The molecule has 0 radical (unpaired) electrons. The van der Waals surface area contributed by atoms with Crippen molar-refractivity contribution in [1.82, 2.24) is 4.90 Å². The molecule has 0 aromatic heterocycles. The van der Waals surface area contributed by atoms with Gasteiger partial charge in [0.2, 0.25) is 0 Å². The van der Waals surface area contributed by atoms with E-state index in [9.17, 15) is 0 Å². The van der Waals surface area contributed by atoms with E-state index >= 15 is 0 Å². The molecule has 11 heavy (non-hydrogen) atoms. The van der Waals surface area contributed by atoms with Crippen molar-refractivity contribution in [3.8, 4) is 0 Å². The highest BCUT2D eigenvalue weighted by Gasteiger charge is 2.27. The van der Waals surface area contributed by atoms with Crippen LogP contribution >= 0.6 is 0 Å². The summed E-state index contributed by atoms with van der Waals surface area (Å²) in [6, 6.07) is 0.894. The van der Waals surface area contributed by atoms with Gasteiger partial charge < -0.3 is 5.73 Å². The van der Waals surface area contributed by atoms with E-state index in [1.807, 2.05) is 0 Å². The first kappa shape index (κ1) is 9.01. The molecule has 0 atom stereocenters. The number of hydrogen-bond acceptors (Lipinski definition) is 2. The smallest absolute Gasteiger partial charge is 0.0108 e. The fourth-order valence-corrected chi connectivity index (χ4v) is 1.44. The second-order valence-electron chi connectivity index (χ2n) is 3.41. The van der Waals surface area contributed by atoms with Crippen LogP contribution in [0.1, 0.15) is 32.6 Å². The molecule has 0 aromatic carbocycles. The van der Waals surface area contributed by atoms with Crippen LogP contribution in [0.4, 0.5) is 0 Å². The monoisotopic (exact) mass is 156 g/mol. The highest BCUT2D eigenvalue weighted by molar-refractivity contribution is 4.84. The Morgan fingerprint density at radius 2 is 2.09 bits per heavy atom. The maximum absolute atomic E-state index is 5.53. The Bertz CT molecular complexity index is 99.7. The third-order valence-corrected chi connectivity index (χ3v) is 2.28. The molecule has 0 unspecified atom stereocenters. The van der Waals surface area contributed by atoms with Crippen LogP contribution in [0, 0.1) is 0 Å². The van der Waals surface area contributed by atoms with Gasteiger partial charge in [-0.15, -0.1) is 0 Å². The van der Waals surface area contributed by atoms with E-state index in [-0.39, 0.29) is 0 Å². The molecule has 0 saturated heterocycles. The second kappa shape index (κ2) is 4.73. The van der Waals surface area contributed by atoms with Gasteiger partial charge in [-0.1, -0.05) is 13.3 Å². The molecule has 1 rings (SSSR count). The van der Waals surface area contributed by atoms with Crippen LogP contribution in [0.2, 0.25) is 0 Å². The lowest BCUT2D eigenvalue weighted by Crippen LogP contribution is -2.32. The molecule has 1 saturated carbocycles. The average molecular weight is 156 g/mol. The lowest BCUT2D eigenvalue weighted by molar-refractivity contribution is 0.266. The van der Waals surface area contributed by atoms with Crippen LogP contribution in [0.25, 0.3) is 0 Å². The predicted molar refractivity (Wildman–Crippen MR) is 48.6 cm³/mol. The van der Waals surface area contributed by atoms with E-state index in [2.05, 4.69) is 11.8 Å². The van der Waals surface area contributed by atoms with Gasteiger partial charge in [0.05, 0.1) is 0 Å². The summed E-state index contributed by atoms with van der Waals surface area (Å²) >= 11 is 0. The third kappa shape index (κ3) is 3.21. The molecule has 2 nitrogen and oxygen atoms in total. The molecule has 1 aliphatic carbocycles. The molecule has 1 aliphatic rings. The van der Waals surface area contributed by atoms with Gasteiger partial charge in [0.1, 0.15) is 0 Å². The zero-order valence-electron chi connectivity index (χ0n) is 7.55. The first-order chi connectivity index (χ1) is 5.38. The normalized spacial score (nSPS) is 17.7. The van der Waals surface area contributed by atoms with Crippen molar-refractivity contribution in [3.05, 3.63) is 0 Å². The van der Waals surface area contributed by atoms with E-state index in [1.54, 1.807) is 0 Å². The van der Waals surface area contributed by atoms with Gasteiger partial charge in [-0.25, -0.2) is 0 Å². The maximum atomic E-state index is 5.53. The van der Waals surface area contributed by atoms with E-state index in [0.29, 0.717) is 0 Å². The van der Waals surface area contributed by atoms with Crippen LogP contribution in [0.15, 0.2) is 0 Å². The first-order valence-corrected chi connectivity index (χ1v) is 4.82. The summed E-state index contributed by atoms with van der Waals surface area (Å²) in [6.07, 6.45) is 5.44. The molecule has 0 amide bonds. The van der Waals surface area contributed by atoms with Crippen LogP contribution in [0.5, 0.6) is 0 Å². The molecule has 1 fully saturated rings. The van der Waals surface area contributed by atoms with Gasteiger partial charge in [0.15, 0.2) is 0 Å². The van der Waals surface area contributed by atoms with E-state index in [0.717, 1.165) is 19.1 Å². The number of nitrogens with zero attached hydrogens (tertiary/aromatic N) is 1. The van der Waals surface area contributed by atoms with E-state index in [1.165, 1.54) is 32.2 Å². The summed E-state index contributed by atoms with van der Waals surface area (Å²) in [5.74, 6) is 0. The second-order valence-corrected chi connectivity index (χ2v) is 3.41. The van der Waals surface area contributed by atoms with Gasteiger partial charge in [-0.3, -0.25) is 4.90 Å². The standard InChI is InChI=1S/C9H20N2/c1-2-3-7-11(8-6-10)9-4-5-9/h9H,2-8,10H2,1H3. The molecule has 0 spiro atoms. The Morgan fingerprint density at radius 1 is 1.36 bits per heavy atom. The van der Waals surface area contributed by atoms with Crippen molar-refractivity contribution in [3.63, 3.8) is 0 Å². The fraction of sp³-hybridized carbons (Fsp3) is 1.00. The van der Waals surface area contributed by atoms with Gasteiger partial charge in [-0.2, -0.15) is 0 Å². The Hall–Kier alpha value is -0.0800. The van der Waals surface area contributed by atoms with Gasteiger partial charge in [0, 0.05) is 19.1 Å². The van der Waals surface area contributed by atoms with Crippen molar-refractivity contribution in [2.75, 3.05) is 19.6 Å². The molecular weight excluding hydrogens is 136 g/mol. The maximum Gasteiger partial charge on any atom is 0.0108 e. The quantitative estimate of drug-likeness (QED) is 0.626. The SMILES string of the molecule is CCCCN(CCN)C1CC1. The van der Waals surface area contributed by atoms with Gasteiger partial charge >= 0.3 is 0 Å². The Kier molecular flexibility index (Phi) is 3.87. The summed E-state index contributed by atoms with van der Waals surface area (Å²) in [4.78, 5) is 2.55. The summed E-state index contributed by atoms with van der Waals surface area (Å²) in [7, 11) is 0.